The van der Waals surface area contributed by atoms with Gasteiger partial charge in [-0.05, 0) is 78.3 Å². The first-order valence-corrected chi connectivity index (χ1v) is 11.9. The molecule has 0 spiro atoms. The fourth-order valence-electron chi connectivity index (χ4n) is 4.62. The van der Waals surface area contributed by atoms with Gasteiger partial charge in [-0.1, -0.05) is 57.2 Å². The molecule has 0 amide bonds. The van der Waals surface area contributed by atoms with E-state index >= 15 is 0 Å². The number of ether oxygens (including phenoxy) is 1. The second kappa shape index (κ2) is 10.9. The van der Waals surface area contributed by atoms with Gasteiger partial charge in [0.15, 0.2) is 0 Å². The lowest BCUT2D eigenvalue weighted by Gasteiger charge is -2.32. The van der Waals surface area contributed by atoms with Crippen LogP contribution in [0.25, 0.3) is 0 Å². The number of nitrogens with two attached hydrogens (primary N) is 1. The molecule has 0 radical (unpaired) electrons. The van der Waals surface area contributed by atoms with Crippen molar-refractivity contribution in [1.29, 1.82) is 0 Å². The van der Waals surface area contributed by atoms with Crippen molar-refractivity contribution in [3.05, 3.63) is 65.2 Å². The second-order valence-electron chi connectivity index (χ2n) is 10.4. The molecule has 0 heterocycles. The Hall–Kier alpha value is -2.05. The van der Waals surface area contributed by atoms with Crippen LogP contribution >= 0.6 is 0 Å². The van der Waals surface area contributed by atoms with Crippen molar-refractivity contribution in [2.75, 3.05) is 13.1 Å². The third-order valence-electron chi connectivity index (χ3n) is 6.61. The summed E-state index contributed by atoms with van der Waals surface area (Å²) in [5.41, 5.74) is 9.50. The van der Waals surface area contributed by atoms with E-state index < -0.39 is 6.36 Å². The Morgan fingerprint density at radius 1 is 0.818 bits per heavy atom. The number of nitrogens with zero attached hydrogens (tertiary/aromatic N) is 1. The SMILES string of the molecule is CC(C)(C)c1ccc(CN(Cc2ccc(OC(F)(F)F)cc2)CC2CCC(CN)CC2)cc1. The van der Waals surface area contributed by atoms with Crippen molar-refractivity contribution in [3.8, 4) is 5.75 Å². The van der Waals surface area contributed by atoms with Crippen molar-refractivity contribution in [1.82, 2.24) is 4.90 Å². The fourth-order valence-corrected chi connectivity index (χ4v) is 4.62. The summed E-state index contributed by atoms with van der Waals surface area (Å²) >= 11 is 0. The molecule has 1 aliphatic carbocycles. The van der Waals surface area contributed by atoms with Gasteiger partial charge in [-0.3, -0.25) is 4.90 Å². The van der Waals surface area contributed by atoms with E-state index in [9.17, 15) is 13.2 Å². The maximum absolute atomic E-state index is 12.5. The molecule has 0 atom stereocenters. The molecule has 0 unspecified atom stereocenters. The largest absolute Gasteiger partial charge is 0.573 e. The topological polar surface area (TPSA) is 38.5 Å². The van der Waals surface area contributed by atoms with Gasteiger partial charge in [-0.15, -0.1) is 13.2 Å². The van der Waals surface area contributed by atoms with Gasteiger partial charge in [0.05, 0.1) is 0 Å². The van der Waals surface area contributed by atoms with E-state index in [1.54, 1.807) is 12.1 Å². The number of rotatable bonds is 8. The number of benzene rings is 2. The molecule has 1 aliphatic rings. The van der Waals surface area contributed by atoms with Gasteiger partial charge < -0.3 is 10.5 Å². The minimum Gasteiger partial charge on any atom is -0.406 e. The van der Waals surface area contributed by atoms with Gasteiger partial charge in [-0.2, -0.15) is 0 Å². The lowest BCUT2D eigenvalue weighted by Crippen LogP contribution is -2.32. The van der Waals surface area contributed by atoms with Gasteiger partial charge in [-0.25, -0.2) is 0 Å². The Morgan fingerprint density at radius 2 is 1.30 bits per heavy atom. The van der Waals surface area contributed by atoms with Crippen LogP contribution in [0, 0.1) is 11.8 Å². The Morgan fingerprint density at radius 3 is 1.76 bits per heavy atom. The van der Waals surface area contributed by atoms with E-state index in [4.69, 9.17) is 5.73 Å². The van der Waals surface area contributed by atoms with Crippen LogP contribution in [0.1, 0.15) is 63.1 Å². The summed E-state index contributed by atoms with van der Waals surface area (Å²) in [5, 5.41) is 0. The Labute approximate surface area is 196 Å². The first kappa shape index (κ1) is 25.6. The smallest absolute Gasteiger partial charge is 0.406 e. The molecule has 2 aromatic rings. The van der Waals surface area contributed by atoms with Gasteiger partial charge in [0.25, 0.3) is 0 Å². The van der Waals surface area contributed by atoms with E-state index in [2.05, 4.69) is 54.7 Å². The van der Waals surface area contributed by atoms with Crippen LogP contribution in [0.5, 0.6) is 5.75 Å². The maximum Gasteiger partial charge on any atom is 0.573 e. The number of hydrogen-bond donors (Lipinski definition) is 1. The van der Waals surface area contributed by atoms with Crippen LogP contribution in [-0.4, -0.2) is 24.4 Å². The molecule has 33 heavy (non-hydrogen) atoms. The summed E-state index contributed by atoms with van der Waals surface area (Å²) in [4.78, 5) is 2.42. The highest BCUT2D eigenvalue weighted by Crippen LogP contribution is 2.30. The summed E-state index contributed by atoms with van der Waals surface area (Å²) in [5.74, 6) is 1.07. The molecular weight excluding hydrogens is 425 g/mol. The van der Waals surface area contributed by atoms with E-state index in [-0.39, 0.29) is 11.2 Å². The Kier molecular flexibility index (Phi) is 8.46. The molecule has 1 saturated carbocycles. The van der Waals surface area contributed by atoms with Crippen LogP contribution in [0.15, 0.2) is 48.5 Å². The highest BCUT2D eigenvalue weighted by atomic mass is 19.4. The zero-order valence-corrected chi connectivity index (χ0v) is 20.0. The van der Waals surface area contributed by atoms with E-state index in [0.29, 0.717) is 18.4 Å². The predicted octanol–water partition coefficient (Wildman–Crippen LogP) is 6.65. The molecule has 3 nitrogen and oxygen atoms in total. The number of hydrogen-bond acceptors (Lipinski definition) is 3. The molecule has 0 aromatic heterocycles. The average Bonchev–Trinajstić information content (AvgIpc) is 2.74. The van der Waals surface area contributed by atoms with Gasteiger partial charge >= 0.3 is 6.36 Å². The first-order chi connectivity index (χ1) is 15.5. The fraction of sp³-hybridized carbons (Fsp3) is 0.556. The van der Waals surface area contributed by atoms with Crippen molar-refractivity contribution >= 4 is 0 Å². The summed E-state index contributed by atoms with van der Waals surface area (Å²) in [6.45, 7) is 9.85. The first-order valence-electron chi connectivity index (χ1n) is 11.9. The van der Waals surface area contributed by atoms with Crippen molar-refractivity contribution in [3.63, 3.8) is 0 Å². The molecule has 182 valence electrons. The van der Waals surface area contributed by atoms with E-state index in [1.807, 2.05) is 0 Å². The lowest BCUT2D eigenvalue weighted by atomic mass is 9.81. The normalized spacial score (nSPS) is 19.6. The highest BCUT2D eigenvalue weighted by molar-refractivity contribution is 5.29. The predicted molar refractivity (Wildman–Crippen MR) is 127 cm³/mol. The number of halogens is 3. The molecule has 6 heteroatoms. The maximum atomic E-state index is 12.5. The molecule has 2 N–H and O–H groups in total. The monoisotopic (exact) mass is 462 g/mol. The standard InChI is InChI=1S/C27H37F3N2O/c1-26(2,3)24-12-8-22(9-13-24)18-32(17-21-6-4-20(16-31)5-7-21)19-23-10-14-25(15-11-23)33-27(28,29)30/h8-15,20-21H,4-7,16-19,31H2,1-3H3. The molecule has 2 aromatic carbocycles. The Balaban J connectivity index is 1.69. The molecule has 0 aliphatic heterocycles. The van der Waals surface area contributed by atoms with E-state index in [1.165, 1.54) is 48.9 Å². The van der Waals surface area contributed by atoms with Crippen LogP contribution < -0.4 is 10.5 Å². The van der Waals surface area contributed by atoms with Crippen LogP contribution in [0.3, 0.4) is 0 Å². The molecule has 0 bridgehead atoms. The minimum atomic E-state index is -4.67. The van der Waals surface area contributed by atoms with Crippen LogP contribution in [0.2, 0.25) is 0 Å². The summed E-state index contributed by atoms with van der Waals surface area (Å²) in [6, 6.07) is 15.0. The second-order valence-corrected chi connectivity index (χ2v) is 10.4. The van der Waals surface area contributed by atoms with Crippen molar-refractivity contribution in [2.45, 2.75) is 71.3 Å². The quantitative estimate of drug-likeness (QED) is 0.477. The molecule has 1 fully saturated rings. The van der Waals surface area contributed by atoms with Gasteiger partial charge in [0, 0.05) is 19.6 Å². The zero-order chi connectivity index (χ0) is 24.1. The Bertz CT molecular complexity index is 849. The average molecular weight is 463 g/mol. The molecule has 3 rings (SSSR count). The van der Waals surface area contributed by atoms with Gasteiger partial charge in [0.1, 0.15) is 5.75 Å². The number of alkyl halides is 3. The van der Waals surface area contributed by atoms with Crippen molar-refractivity contribution in [2.24, 2.45) is 17.6 Å². The molecule has 0 saturated heterocycles. The van der Waals surface area contributed by atoms with Gasteiger partial charge in [0.2, 0.25) is 0 Å². The third kappa shape index (κ3) is 8.35. The summed E-state index contributed by atoms with van der Waals surface area (Å²) in [6.07, 6.45) is 0.0477. The molecular formula is C27H37F3N2O. The van der Waals surface area contributed by atoms with Crippen LogP contribution in [0.4, 0.5) is 13.2 Å². The van der Waals surface area contributed by atoms with Crippen molar-refractivity contribution < 1.29 is 17.9 Å². The van der Waals surface area contributed by atoms with Crippen LogP contribution in [-0.2, 0) is 18.5 Å². The summed E-state index contributed by atoms with van der Waals surface area (Å²) in [7, 11) is 0. The zero-order valence-electron chi connectivity index (χ0n) is 20.0. The summed E-state index contributed by atoms with van der Waals surface area (Å²) < 4.78 is 41.4. The third-order valence-corrected chi connectivity index (χ3v) is 6.61. The highest BCUT2D eigenvalue weighted by Gasteiger charge is 2.31. The minimum absolute atomic E-state index is 0.111. The van der Waals surface area contributed by atoms with E-state index in [0.717, 1.165) is 25.2 Å². The lowest BCUT2D eigenvalue weighted by molar-refractivity contribution is -0.274.